The van der Waals surface area contributed by atoms with E-state index in [-0.39, 0.29) is 17.7 Å². The van der Waals surface area contributed by atoms with Crippen LogP contribution in [0.1, 0.15) is 23.5 Å². The van der Waals surface area contributed by atoms with Crippen molar-refractivity contribution in [2.45, 2.75) is 19.3 Å². The largest absolute Gasteiger partial charge is 0.383 e. The Morgan fingerprint density at radius 3 is 2.97 bits per heavy atom. The van der Waals surface area contributed by atoms with Crippen LogP contribution in [0.5, 0.6) is 0 Å². The molecule has 0 saturated heterocycles. The standard InChI is InChI=1S/C21H19N7O/c1-11-2-3-23-9-16(11)18-4-12-5-19(24-10-17(12)20(22)27-18)28-21(29)15-6-14(15)13-7-25-26-8-13/h2-5,7-10,14-15H,6H2,1H3,(H2,22,27)(H,25,26)(H,24,28,29). The average molecular weight is 385 g/mol. The van der Waals surface area contributed by atoms with Gasteiger partial charge in [0, 0.05) is 41.7 Å². The lowest BCUT2D eigenvalue weighted by Crippen LogP contribution is -2.15. The molecular weight excluding hydrogens is 366 g/mol. The number of nitrogens with one attached hydrogen (secondary N) is 2. The number of aromatic nitrogens is 5. The molecule has 4 N–H and O–H groups in total. The maximum atomic E-state index is 12.6. The fourth-order valence-electron chi connectivity index (χ4n) is 3.65. The zero-order chi connectivity index (χ0) is 20.0. The van der Waals surface area contributed by atoms with Gasteiger partial charge in [-0.25, -0.2) is 9.97 Å². The third kappa shape index (κ3) is 3.18. The molecule has 0 spiro atoms. The topological polar surface area (TPSA) is 122 Å². The van der Waals surface area contributed by atoms with Gasteiger partial charge in [0.15, 0.2) is 0 Å². The number of carbonyl (C=O) groups excluding carboxylic acids is 1. The summed E-state index contributed by atoms with van der Waals surface area (Å²) >= 11 is 0. The first-order chi connectivity index (χ1) is 14.1. The summed E-state index contributed by atoms with van der Waals surface area (Å²) in [4.78, 5) is 25.6. The minimum absolute atomic E-state index is 0.0339. The third-order valence-corrected chi connectivity index (χ3v) is 5.39. The van der Waals surface area contributed by atoms with Gasteiger partial charge in [0.1, 0.15) is 11.6 Å². The number of rotatable bonds is 4. The van der Waals surface area contributed by atoms with Gasteiger partial charge in [-0.05, 0) is 54.0 Å². The van der Waals surface area contributed by atoms with Gasteiger partial charge in [-0.2, -0.15) is 5.10 Å². The highest BCUT2D eigenvalue weighted by Crippen LogP contribution is 2.47. The lowest BCUT2D eigenvalue weighted by molar-refractivity contribution is -0.117. The van der Waals surface area contributed by atoms with E-state index in [4.69, 9.17) is 5.73 Å². The monoisotopic (exact) mass is 385 g/mol. The molecular formula is C21H19N7O. The van der Waals surface area contributed by atoms with Gasteiger partial charge in [-0.1, -0.05) is 0 Å². The first-order valence-corrected chi connectivity index (χ1v) is 9.37. The van der Waals surface area contributed by atoms with Gasteiger partial charge in [0.25, 0.3) is 0 Å². The van der Waals surface area contributed by atoms with Crippen molar-refractivity contribution in [3.05, 3.63) is 60.3 Å². The van der Waals surface area contributed by atoms with Crippen LogP contribution < -0.4 is 11.1 Å². The van der Waals surface area contributed by atoms with Crippen molar-refractivity contribution in [3.8, 4) is 11.3 Å². The number of pyridine rings is 3. The molecule has 0 aliphatic heterocycles. The molecule has 4 aromatic rings. The maximum absolute atomic E-state index is 12.6. The average Bonchev–Trinajstić information content (AvgIpc) is 3.33. The Morgan fingerprint density at radius 1 is 1.28 bits per heavy atom. The summed E-state index contributed by atoms with van der Waals surface area (Å²) in [5, 5.41) is 11.3. The zero-order valence-corrected chi connectivity index (χ0v) is 15.8. The molecule has 8 nitrogen and oxygen atoms in total. The summed E-state index contributed by atoms with van der Waals surface area (Å²) in [6.45, 7) is 2.00. The van der Waals surface area contributed by atoms with Crippen LogP contribution in [0.25, 0.3) is 22.0 Å². The smallest absolute Gasteiger partial charge is 0.229 e. The number of aromatic amines is 1. The van der Waals surface area contributed by atoms with E-state index in [0.29, 0.717) is 11.6 Å². The van der Waals surface area contributed by atoms with E-state index in [9.17, 15) is 4.79 Å². The number of hydrogen-bond donors (Lipinski definition) is 3. The summed E-state index contributed by atoms with van der Waals surface area (Å²) in [6, 6.07) is 5.70. The maximum Gasteiger partial charge on any atom is 0.229 e. The van der Waals surface area contributed by atoms with Crippen LogP contribution >= 0.6 is 0 Å². The summed E-state index contributed by atoms with van der Waals surface area (Å²) in [7, 11) is 0. The van der Waals surface area contributed by atoms with E-state index < -0.39 is 0 Å². The minimum atomic E-state index is -0.0544. The number of nitrogens with zero attached hydrogens (tertiary/aromatic N) is 4. The molecule has 1 fully saturated rings. The van der Waals surface area contributed by atoms with Crippen molar-refractivity contribution in [2.24, 2.45) is 5.92 Å². The van der Waals surface area contributed by atoms with Crippen LogP contribution in [0.3, 0.4) is 0 Å². The molecule has 4 heterocycles. The molecule has 5 rings (SSSR count). The number of amides is 1. The Kier molecular flexibility index (Phi) is 3.97. The van der Waals surface area contributed by atoms with E-state index >= 15 is 0 Å². The molecule has 0 radical (unpaired) electrons. The lowest BCUT2D eigenvalue weighted by Gasteiger charge is -2.10. The molecule has 144 valence electrons. The summed E-state index contributed by atoms with van der Waals surface area (Å²) in [6.07, 6.45) is 9.59. The van der Waals surface area contributed by atoms with Gasteiger partial charge in [-0.15, -0.1) is 0 Å². The summed E-state index contributed by atoms with van der Waals surface area (Å²) < 4.78 is 0. The molecule has 29 heavy (non-hydrogen) atoms. The van der Waals surface area contributed by atoms with Crippen LogP contribution in [0.2, 0.25) is 0 Å². The van der Waals surface area contributed by atoms with E-state index in [1.54, 1.807) is 24.8 Å². The first-order valence-electron chi connectivity index (χ1n) is 9.37. The molecule has 1 aliphatic rings. The predicted molar refractivity (Wildman–Crippen MR) is 110 cm³/mol. The molecule has 8 heteroatoms. The van der Waals surface area contributed by atoms with E-state index in [2.05, 4.69) is 30.5 Å². The number of anilines is 2. The number of H-pyrrole nitrogens is 1. The molecule has 1 saturated carbocycles. The van der Waals surface area contributed by atoms with Crippen molar-refractivity contribution in [1.29, 1.82) is 0 Å². The van der Waals surface area contributed by atoms with Gasteiger partial charge in [0.05, 0.1) is 11.9 Å². The van der Waals surface area contributed by atoms with Crippen LogP contribution in [-0.2, 0) is 4.79 Å². The van der Waals surface area contributed by atoms with Gasteiger partial charge in [0.2, 0.25) is 5.91 Å². The fraction of sp³-hybridized carbons (Fsp3) is 0.190. The van der Waals surface area contributed by atoms with Gasteiger partial charge >= 0.3 is 0 Å². The fourth-order valence-corrected chi connectivity index (χ4v) is 3.65. The summed E-state index contributed by atoms with van der Waals surface area (Å²) in [5.41, 5.74) is 9.95. The molecule has 1 amide bonds. The highest BCUT2D eigenvalue weighted by atomic mass is 16.2. The minimum Gasteiger partial charge on any atom is -0.383 e. The zero-order valence-electron chi connectivity index (χ0n) is 15.8. The van der Waals surface area contributed by atoms with Gasteiger partial charge in [-0.3, -0.25) is 14.9 Å². The van der Waals surface area contributed by atoms with Crippen molar-refractivity contribution in [2.75, 3.05) is 11.1 Å². The highest BCUT2D eigenvalue weighted by Gasteiger charge is 2.44. The molecule has 2 atom stereocenters. The second-order valence-corrected chi connectivity index (χ2v) is 7.34. The van der Waals surface area contributed by atoms with Crippen molar-refractivity contribution < 1.29 is 4.79 Å². The number of nitrogens with two attached hydrogens (primary N) is 1. The van der Waals surface area contributed by atoms with Crippen LogP contribution in [0.4, 0.5) is 11.6 Å². The SMILES string of the molecule is Cc1ccncc1-c1cc2cc(NC(=O)C3CC3c3cn[nH]c3)ncc2c(N)n1. The summed E-state index contributed by atoms with van der Waals surface area (Å²) in [5.74, 6) is 1.02. The van der Waals surface area contributed by atoms with Crippen LogP contribution in [-0.4, -0.2) is 31.1 Å². The second kappa shape index (κ2) is 6.66. The van der Waals surface area contributed by atoms with Crippen molar-refractivity contribution >= 4 is 28.3 Å². The van der Waals surface area contributed by atoms with Gasteiger partial charge < -0.3 is 11.1 Å². The number of nitrogen functional groups attached to an aromatic ring is 1. The Bertz CT molecular complexity index is 1220. The van der Waals surface area contributed by atoms with Crippen molar-refractivity contribution in [1.82, 2.24) is 25.1 Å². The normalized spacial score (nSPS) is 18.0. The first kappa shape index (κ1) is 17.3. The molecule has 1 aliphatic carbocycles. The lowest BCUT2D eigenvalue weighted by atomic mass is 10.1. The second-order valence-electron chi connectivity index (χ2n) is 7.34. The molecule has 0 bridgehead atoms. The number of aryl methyl sites for hydroxylation is 1. The van der Waals surface area contributed by atoms with Crippen molar-refractivity contribution in [3.63, 3.8) is 0 Å². The van der Waals surface area contributed by atoms with E-state index in [1.807, 2.05) is 31.3 Å². The molecule has 4 aromatic heterocycles. The number of carbonyl (C=O) groups is 1. The van der Waals surface area contributed by atoms with E-state index in [1.165, 1.54) is 0 Å². The number of fused-ring (bicyclic) bond motifs is 1. The van der Waals surface area contributed by atoms with E-state index in [0.717, 1.165) is 39.6 Å². The Labute approximate surface area is 166 Å². The Balaban J connectivity index is 1.42. The predicted octanol–water partition coefficient (Wildman–Crippen LogP) is 3.05. The molecule has 2 unspecified atom stereocenters. The van der Waals surface area contributed by atoms with Crippen LogP contribution in [0, 0.1) is 12.8 Å². The molecule has 0 aromatic carbocycles. The van der Waals surface area contributed by atoms with Crippen LogP contribution in [0.15, 0.2) is 49.2 Å². The highest BCUT2D eigenvalue weighted by molar-refractivity contribution is 5.98. The third-order valence-electron chi connectivity index (χ3n) is 5.39. The Hall–Kier alpha value is -3.81. The Morgan fingerprint density at radius 2 is 2.17 bits per heavy atom. The number of hydrogen-bond acceptors (Lipinski definition) is 6. The quantitative estimate of drug-likeness (QED) is 0.496.